The number of hydrogen-bond acceptors (Lipinski definition) is 14. The highest BCUT2D eigenvalue weighted by atomic mass is 16.6. The first-order chi connectivity index (χ1) is 28.0. The maximum absolute atomic E-state index is 14.3. The zero-order valence-corrected chi connectivity index (χ0v) is 33.1. The number of carbonyl (C=O) groups is 3. The van der Waals surface area contributed by atoms with Crippen LogP contribution in [0.4, 0.5) is 0 Å². The minimum Gasteiger partial charge on any atom is -0.493 e. The molecule has 2 aliphatic rings. The van der Waals surface area contributed by atoms with Crippen LogP contribution < -0.4 is 34.0 Å². The van der Waals surface area contributed by atoms with Crippen molar-refractivity contribution in [3.05, 3.63) is 98.3 Å². The van der Waals surface area contributed by atoms with Crippen molar-refractivity contribution in [3.8, 4) is 45.9 Å². The lowest BCUT2D eigenvalue weighted by Gasteiger charge is -2.35. The first-order valence-corrected chi connectivity index (χ1v) is 18.3. The summed E-state index contributed by atoms with van der Waals surface area (Å²) in [6.07, 6.45) is -0.364. The minimum absolute atomic E-state index is 0.0200. The summed E-state index contributed by atoms with van der Waals surface area (Å²) in [4.78, 5) is 60.0. The van der Waals surface area contributed by atoms with E-state index in [4.69, 9.17) is 47.6 Å². The maximum Gasteiger partial charge on any atom is 0.355 e. The van der Waals surface area contributed by atoms with Gasteiger partial charge in [-0.05, 0) is 53.9 Å². The molecule has 0 aliphatic carbocycles. The Bertz CT molecular complexity index is 2480. The lowest BCUT2D eigenvalue weighted by molar-refractivity contribution is -0.189. The monoisotopic (exact) mass is 794 g/mol. The van der Waals surface area contributed by atoms with Crippen LogP contribution in [0.25, 0.3) is 22.3 Å². The Balaban J connectivity index is 1.23. The molecule has 0 bridgehead atoms. The number of rotatable bonds is 14. The van der Waals surface area contributed by atoms with Crippen LogP contribution in [0, 0.1) is 0 Å². The third-order valence-corrected chi connectivity index (χ3v) is 10.5. The van der Waals surface area contributed by atoms with E-state index in [1.54, 1.807) is 41.8 Å². The van der Waals surface area contributed by atoms with Crippen LogP contribution in [-0.4, -0.2) is 70.1 Å². The fraction of sp³-hybridized carbons (Fsp3) is 0.326. The predicted molar refractivity (Wildman–Crippen MR) is 208 cm³/mol. The standard InChI is InChI=1S/C43H42N2O13/c1-8-43(58-37(47)18-24-15-34(52-4)40(55-7)35(16-24)53-5)29-19-31-38-26(20-45(31)41(48)28(29)22-57-42(43)49)27(25-11-9-10-12-30(25)44-38)21-56-36(46)17-23-13-32(50-2)39(54-6)33(14-23)51-3/h9-16,19H,8,17-18,20-22H2,1-7H3/t43-/m0/s1. The average molecular weight is 795 g/mol. The quantitative estimate of drug-likeness (QED) is 0.104. The van der Waals surface area contributed by atoms with Crippen LogP contribution in [0.5, 0.6) is 34.5 Å². The van der Waals surface area contributed by atoms with Gasteiger partial charge >= 0.3 is 17.9 Å². The Morgan fingerprint density at radius 3 is 1.88 bits per heavy atom. The van der Waals surface area contributed by atoms with Crippen LogP contribution >= 0.6 is 0 Å². The molecule has 58 heavy (non-hydrogen) atoms. The van der Waals surface area contributed by atoms with Crippen molar-refractivity contribution in [3.63, 3.8) is 0 Å². The molecule has 0 saturated carbocycles. The third kappa shape index (κ3) is 6.75. The molecule has 0 fully saturated rings. The van der Waals surface area contributed by atoms with Gasteiger partial charge in [0.05, 0.1) is 84.5 Å². The minimum atomic E-state index is -1.93. The van der Waals surface area contributed by atoms with Gasteiger partial charge in [-0.25, -0.2) is 9.78 Å². The van der Waals surface area contributed by atoms with E-state index in [9.17, 15) is 19.2 Å². The highest BCUT2D eigenvalue weighted by Gasteiger charge is 2.50. The van der Waals surface area contributed by atoms with Crippen molar-refractivity contribution >= 4 is 28.8 Å². The molecule has 3 aromatic carbocycles. The SMILES string of the molecule is CC[C@@]1(OC(=O)Cc2cc(OC)c(OC)c(OC)c2)C(=O)OCc2c1cc1n(c2=O)Cc2c-1nc1ccccc1c2COC(=O)Cc1cc(OC)c(OC)c(OC)c1. The van der Waals surface area contributed by atoms with Gasteiger partial charge in [0.1, 0.15) is 13.2 Å². The second kappa shape index (κ2) is 16.0. The summed E-state index contributed by atoms with van der Waals surface area (Å²) < 4.78 is 51.6. The Labute approximate surface area is 333 Å². The van der Waals surface area contributed by atoms with Gasteiger partial charge in [0.2, 0.25) is 17.1 Å². The molecule has 0 amide bonds. The molecule has 0 unspecified atom stereocenters. The highest BCUT2D eigenvalue weighted by Crippen LogP contribution is 2.44. The molecule has 2 aliphatic heterocycles. The number of ether oxygens (including phenoxy) is 9. The number of carbonyl (C=O) groups excluding carboxylic acids is 3. The summed E-state index contributed by atoms with van der Waals surface area (Å²) in [7, 11) is 8.88. The largest absolute Gasteiger partial charge is 0.493 e. The number of pyridine rings is 2. The zero-order chi connectivity index (χ0) is 41.3. The van der Waals surface area contributed by atoms with E-state index in [1.807, 2.05) is 24.3 Å². The van der Waals surface area contributed by atoms with Gasteiger partial charge in [0.15, 0.2) is 23.0 Å². The lowest BCUT2D eigenvalue weighted by Crippen LogP contribution is -2.47. The van der Waals surface area contributed by atoms with Crippen molar-refractivity contribution in [2.45, 2.75) is 51.5 Å². The van der Waals surface area contributed by atoms with Crippen molar-refractivity contribution < 1.29 is 57.0 Å². The fourth-order valence-corrected chi connectivity index (χ4v) is 7.68. The Morgan fingerprint density at radius 2 is 1.33 bits per heavy atom. The van der Waals surface area contributed by atoms with Gasteiger partial charge in [0, 0.05) is 22.1 Å². The van der Waals surface area contributed by atoms with Crippen LogP contribution in [0.1, 0.15) is 46.7 Å². The topological polar surface area (TPSA) is 169 Å². The Kier molecular flexibility index (Phi) is 10.9. The molecule has 0 spiro atoms. The average Bonchev–Trinajstić information content (AvgIpc) is 3.60. The predicted octanol–water partition coefficient (Wildman–Crippen LogP) is 5.21. The second-order valence-electron chi connectivity index (χ2n) is 13.6. The number of fused-ring (bicyclic) bond motifs is 5. The summed E-state index contributed by atoms with van der Waals surface area (Å²) >= 11 is 0. The second-order valence-corrected chi connectivity index (χ2v) is 13.6. The smallest absolute Gasteiger partial charge is 0.355 e. The van der Waals surface area contributed by atoms with E-state index < -0.39 is 29.1 Å². The normalized spacial score (nSPS) is 15.1. The number of nitrogens with zero attached hydrogens (tertiary/aromatic N) is 2. The summed E-state index contributed by atoms with van der Waals surface area (Å²) in [6.45, 7) is 1.37. The number of esters is 3. The summed E-state index contributed by atoms with van der Waals surface area (Å²) in [5.41, 5.74) is 1.97. The van der Waals surface area contributed by atoms with Crippen LogP contribution in [-0.2, 0) is 66.8 Å². The highest BCUT2D eigenvalue weighted by molar-refractivity contribution is 5.90. The maximum atomic E-state index is 14.3. The van der Waals surface area contributed by atoms with Crippen molar-refractivity contribution in [2.24, 2.45) is 0 Å². The number of para-hydroxylation sites is 1. The van der Waals surface area contributed by atoms with Gasteiger partial charge in [-0.15, -0.1) is 0 Å². The molecule has 7 rings (SSSR count). The first-order valence-electron chi connectivity index (χ1n) is 18.3. The molecule has 0 N–H and O–H groups in total. The molecule has 5 aromatic rings. The van der Waals surface area contributed by atoms with Gasteiger partial charge in [-0.3, -0.25) is 14.4 Å². The Morgan fingerprint density at radius 1 is 0.759 bits per heavy atom. The van der Waals surface area contributed by atoms with Gasteiger partial charge in [-0.1, -0.05) is 25.1 Å². The van der Waals surface area contributed by atoms with Gasteiger partial charge < -0.3 is 47.2 Å². The van der Waals surface area contributed by atoms with Crippen LogP contribution in [0.2, 0.25) is 0 Å². The fourth-order valence-electron chi connectivity index (χ4n) is 7.68. The number of aromatic nitrogens is 2. The van der Waals surface area contributed by atoms with Crippen LogP contribution in [0.3, 0.4) is 0 Å². The van der Waals surface area contributed by atoms with E-state index in [0.29, 0.717) is 73.7 Å². The number of cyclic esters (lactones) is 1. The molecule has 4 heterocycles. The third-order valence-electron chi connectivity index (χ3n) is 10.5. The molecular weight excluding hydrogens is 752 g/mol. The van der Waals surface area contributed by atoms with E-state index >= 15 is 0 Å². The molecular formula is C43H42N2O13. The molecule has 2 aromatic heterocycles. The number of benzene rings is 3. The van der Waals surface area contributed by atoms with Gasteiger partial charge in [0.25, 0.3) is 5.56 Å². The summed E-state index contributed by atoms with van der Waals surface area (Å²) in [5, 5.41) is 0.745. The molecule has 0 saturated heterocycles. The number of hydrogen-bond donors (Lipinski definition) is 0. The molecule has 15 heteroatoms. The summed E-state index contributed by atoms with van der Waals surface area (Å²) in [5.74, 6) is 0.185. The van der Waals surface area contributed by atoms with E-state index in [0.717, 1.165) is 5.39 Å². The number of methoxy groups -OCH3 is 6. The van der Waals surface area contributed by atoms with E-state index in [1.165, 1.54) is 42.7 Å². The lowest BCUT2D eigenvalue weighted by atomic mass is 9.85. The summed E-state index contributed by atoms with van der Waals surface area (Å²) in [6, 6.07) is 15.7. The molecule has 0 radical (unpaired) electrons. The zero-order valence-electron chi connectivity index (χ0n) is 33.1. The van der Waals surface area contributed by atoms with Crippen molar-refractivity contribution in [2.75, 3.05) is 42.7 Å². The molecule has 15 nitrogen and oxygen atoms in total. The first kappa shape index (κ1) is 39.5. The van der Waals surface area contributed by atoms with E-state index in [-0.39, 0.29) is 50.1 Å². The van der Waals surface area contributed by atoms with Crippen molar-refractivity contribution in [1.29, 1.82) is 0 Å². The molecule has 1 atom stereocenters. The van der Waals surface area contributed by atoms with Crippen LogP contribution in [0.15, 0.2) is 59.4 Å². The van der Waals surface area contributed by atoms with Crippen molar-refractivity contribution in [1.82, 2.24) is 9.55 Å². The molecule has 302 valence electrons. The van der Waals surface area contributed by atoms with Gasteiger partial charge in [-0.2, -0.15) is 0 Å². The Hall–Kier alpha value is -6.77. The van der Waals surface area contributed by atoms with E-state index in [2.05, 4.69) is 0 Å².